The largest absolute Gasteiger partial charge is 0.368 e. The van der Waals surface area contributed by atoms with E-state index in [9.17, 15) is 13.2 Å². The minimum absolute atomic E-state index is 0.0995. The number of primary amides is 1. The molecule has 2 aromatic heterocycles. The van der Waals surface area contributed by atoms with Gasteiger partial charge in [0.2, 0.25) is 5.91 Å². The number of nitrogens with zero attached hydrogens (tertiary/aromatic N) is 3. The summed E-state index contributed by atoms with van der Waals surface area (Å²) < 4.78 is 29.0. The molecule has 1 amide bonds. The first-order chi connectivity index (χ1) is 11.4. The summed E-state index contributed by atoms with van der Waals surface area (Å²) in [6.45, 7) is 2.90. The molecule has 2 N–H and O–H groups in total. The third-order valence-electron chi connectivity index (χ3n) is 4.20. The number of rotatable bonds is 5. The smallest absolute Gasteiger partial charge is 0.252 e. The monoisotopic (exact) mass is 368 g/mol. The van der Waals surface area contributed by atoms with Gasteiger partial charge in [0, 0.05) is 36.3 Å². The molecule has 0 radical (unpaired) electrons. The van der Waals surface area contributed by atoms with Gasteiger partial charge in [-0.05, 0) is 31.9 Å². The van der Waals surface area contributed by atoms with E-state index in [1.807, 2.05) is 13.0 Å². The number of nitrogens with two attached hydrogens (primary N) is 1. The van der Waals surface area contributed by atoms with Gasteiger partial charge in [-0.15, -0.1) is 11.3 Å². The van der Waals surface area contributed by atoms with Gasteiger partial charge in [-0.2, -0.15) is 4.31 Å². The van der Waals surface area contributed by atoms with Gasteiger partial charge in [0.15, 0.2) is 0 Å². The third kappa shape index (κ3) is 3.38. The summed E-state index contributed by atoms with van der Waals surface area (Å²) in [5, 5.41) is 0. The molecule has 3 heterocycles. The Labute approximate surface area is 145 Å². The lowest BCUT2D eigenvalue weighted by molar-refractivity contribution is -0.118. The Bertz CT molecular complexity index is 833. The molecule has 1 aliphatic rings. The zero-order valence-corrected chi connectivity index (χ0v) is 15.0. The molecule has 0 unspecified atom stereocenters. The Morgan fingerprint density at radius 2 is 2.08 bits per heavy atom. The summed E-state index contributed by atoms with van der Waals surface area (Å²) in [4.78, 5) is 16.4. The van der Waals surface area contributed by atoms with Gasteiger partial charge in [0.05, 0.1) is 0 Å². The lowest BCUT2D eigenvalue weighted by Crippen LogP contribution is -2.38. The molecule has 0 saturated carbocycles. The zero-order valence-electron chi connectivity index (χ0n) is 13.4. The standard InChI is InChI=1S/C15H20N4O3S2/c1-11-2-3-14(23-11)24(21,22)19-7-4-12(5-8-19)15-17-6-9-18(15)10-13(16)20/h2-3,6,9,12H,4-5,7-8,10H2,1H3,(H2,16,20). The van der Waals surface area contributed by atoms with Crippen LogP contribution in [0.5, 0.6) is 0 Å². The Morgan fingerprint density at radius 1 is 1.38 bits per heavy atom. The number of amides is 1. The number of aromatic nitrogens is 2. The van der Waals surface area contributed by atoms with Crippen molar-refractivity contribution in [3.8, 4) is 0 Å². The Balaban J connectivity index is 1.70. The molecule has 1 saturated heterocycles. The number of carbonyl (C=O) groups excluding carboxylic acids is 1. The fraction of sp³-hybridized carbons (Fsp3) is 0.467. The average Bonchev–Trinajstić information content (AvgIpc) is 3.16. The predicted octanol–water partition coefficient (Wildman–Crippen LogP) is 1.31. The maximum atomic E-state index is 12.7. The lowest BCUT2D eigenvalue weighted by Gasteiger charge is -2.30. The Kier molecular flexibility index (Phi) is 4.75. The van der Waals surface area contributed by atoms with Crippen LogP contribution in [0.25, 0.3) is 0 Å². The van der Waals surface area contributed by atoms with Crippen molar-refractivity contribution in [2.75, 3.05) is 13.1 Å². The van der Waals surface area contributed by atoms with Gasteiger partial charge in [0.25, 0.3) is 10.0 Å². The van der Waals surface area contributed by atoms with E-state index in [0.29, 0.717) is 30.1 Å². The molecule has 0 bridgehead atoms. The van der Waals surface area contributed by atoms with Gasteiger partial charge in [-0.25, -0.2) is 13.4 Å². The van der Waals surface area contributed by atoms with E-state index in [-0.39, 0.29) is 12.5 Å². The number of carbonyl (C=O) groups is 1. The molecule has 1 aliphatic heterocycles. The van der Waals surface area contributed by atoms with Crippen LogP contribution in [-0.4, -0.2) is 41.3 Å². The van der Waals surface area contributed by atoms with Gasteiger partial charge in [0.1, 0.15) is 16.6 Å². The van der Waals surface area contributed by atoms with Crippen molar-refractivity contribution in [3.05, 3.63) is 35.2 Å². The van der Waals surface area contributed by atoms with E-state index in [2.05, 4.69) is 4.98 Å². The molecular formula is C15H20N4O3S2. The van der Waals surface area contributed by atoms with E-state index in [0.717, 1.165) is 10.7 Å². The topological polar surface area (TPSA) is 98.3 Å². The number of piperidine rings is 1. The molecule has 3 rings (SSSR count). The number of hydrogen-bond acceptors (Lipinski definition) is 5. The van der Waals surface area contributed by atoms with Crippen molar-refractivity contribution >= 4 is 27.3 Å². The van der Waals surface area contributed by atoms with Crippen LogP contribution in [0, 0.1) is 6.92 Å². The van der Waals surface area contributed by atoms with Crippen molar-refractivity contribution in [3.63, 3.8) is 0 Å². The second kappa shape index (κ2) is 6.66. The summed E-state index contributed by atoms with van der Waals surface area (Å²) in [7, 11) is -3.41. The number of imidazole rings is 1. The fourth-order valence-electron chi connectivity index (χ4n) is 3.01. The van der Waals surface area contributed by atoms with Crippen LogP contribution in [0.4, 0.5) is 0 Å². The van der Waals surface area contributed by atoms with Crippen LogP contribution < -0.4 is 5.73 Å². The van der Waals surface area contributed by atoms with Crippen molar-refractivity contribution < 1.29 is 13.2 Å². The zero-order chi connectivity index (χ0) is 17.3. The number of aryl methyl sites for hydroxylation is 1. The summed E-state index contributed by atoms with van der Waals surface area (Å²) in [6, 6.07) is 3.49. The predicted molar refractivity (Wildman–Crippen MR) is 91.2 cm³/mol. The second-order valence-corrected chi connectivity index (χ2v) is 9.38. The van der Waals surface area contributed by atoms with Crippen molar-refractivity contribution in [1.29, 1.82) is 0 Å². The molecule has 0 spiro atoms. The quantitative estimate of drug-likeness (QED) is 0.860. The molecule has 1 fully saturated rings. The number of sulfonamides is 1. The molecule has 24 heavy (non-hydrogen) atoms. The molecule has 2 aromatic rings. The van der Waals surface area contributed by atoms with Crippen LogP contribution in [0.3, 0.4) is 0 Å². The summed E-state index contributed by atoms with van der Waals surface area (Å²) in [5.41, 5.74) is 5.25. The van der Waals surface area contributed by atoms with E-state index in [4.69, 9.17) is 5.73 Å². The minimum atomic E-state index is -3.41. The third-order valence-corrected chi connectivity index (χ3v) is 7.57. The summed E-state index contributed by atoms with van der Waals surface area (Å²) >= 11 is 1.30. The molecule has 7 nitrogen and oxygen atoms in total. The first-order valence-electron chi connectivity index (χ1n) is 7.74. The van der Waals surface area contributed by atoms with E-state index in [1.54, 1.807) is 23.0 Å². The highest BCUT2D eigenvalue weighted by atomic mass is 32.2. The van der Waals surface area contributed by atoms with Crippen LogP contribution in [-0.2, 0) is 21.4 Å². The van der Waals surface area contributed by atoms with Crippen LogP contribution in [0.15, 0.2) is 28.7 Å². The lowest BCUT2D eigenvalue weighted by atomic mass is 9.97. The Morgan fingerprint density at radius 3 is 2.67 bits per heavy atom. The SMILES string of the molecule is Cc1ccc(S(=O)(=O)N2CCC(c3nccn3CC(N)=O)CC2)s1. The van der Waals surface area contributed by atoms with Crippen molar-refractivity contribution in [2.24, 2.45) is 5.73 Å². The van der Waals surface area contributed by atoms with Gasteiger partial charge < -0.3 is 10.3 Å². The second-order valence-electron chi connectivity index (χ2n) is 5.92. The maximum absolute atomic E-state index is 12.7. The van der Waals surface area contributed by atoms with E-state index in [1.165, 1.54) is 15.6 Å². The average molecular weight is 368 g/mol. The highest BCUT2D eigenvalue weighted by molar-refractivity contribution is 7.91. The molecule has 0 aliphatic carbocycles. The molecule has 9 heteroatoms. The highest BCUT2D eigenvalue weighted by Crippen LogP contribution is 2.31. The van der Waals surface area contributed by atoms with E-state index >= 15 is 0 Å². The first-order valence-corrected chi connectivity index (χ1v) is 9.99. The molecule has 0 aromatic carbocycles. The highest BCUT2D eigenvalue weighted by Gasteiger charge is 2.32. The normalized spacial score (nSPS) is 17.2. The van der Waals surface area contributed by atoms with Gasteiger partial charge >= 0.3 is 0 Å². The first kappa shape index (κ1) is 17.1. The number of thiophene rings is 1. The summed E-state index contributed by atoms with van der Waals surface area (Å²) in [5.74, 6) is 0.524. The summed E-state index contributed by atoms with van der Waals surface area (Å²) in [6.07, 6.45) is 4.74. The van der Waals surface area contributed by atoms with Crippen LogP contribution in [0.1, 0.15) is 29.5 Å². The van der Waals surface area contributed by atoms with Crippen molar-refractivity contribution in [2.45, 2.75) is 36.4 Å². The molecule has 0 atom stereocenters. The maximum Gasteiger partial charge on any atom is 0.252 e. The minimum Gasteiger partial charge on any atom is -0.368 e. The van der Waals surface area contributed by atoms with E-state index < -0.39 is 15.9 Å². The Hall–Kier alpha value is -1.71. The fourth-order valence-corrected chi connectivity index (χ4v) is 5.92. The van der Waals surface area contributed by atoms with Gasteiger partial charge in [-0.3, -0.25) is 4.79 Å². The van der Waals surface area contributed by atoms with Crippen LogP contribution in [0.2, 0.25) is 0 Å². The molecule has 130 valence electrons. The molecular weight excluding hydrogens is 348 g/mol. The van der Waals surface area contributed by atoms with Crippen molar-refractivity contribution in [1.82, 2.24) is 13.9 Å². The number of hydrogen-bond donors (Lipinski definition) is 1. The van der Waals surface area contributed by atoms with Crippen LogP contribution >= 0.6 is 11.3 Å². The van der Waals surface area contributed by atoms with Gasteiger partial charge in [-0.1, -0.05) is 0 Å².